The van der Waals surface area contributed by atoms with Crippen molar-refractivity contribution in [1.82, 2.24) is 4.90 Å². The Morgan fingerprint density at radius 1 is 1.15 bits per heavy atom. The molecule has 0 aliphatic carbocycles. The highest BCUT2D eigenvalue weighted by atomic mass is 16.3. The van der Waals surface area contributed by atoms with Crippen LogP contribution in [-0.2, 0) is 0 Å². The first-order valence-electron chi connectivity index (χ1n) is 8.71. The molecule has 138 valence electrons. The zero-order valence-corrected chi connectivity index (χ0v) is 15.0. The summed E-state index contributed by atoms with van der Waals surface area (Å²) in [5.74, 6) is -0.404. The highest BCUT2D eigenvalue weighted by Crippen LogP contribution is 2.39. The molecular weight excluding hydrogens is 346 g/mol. The summed E-state index contributed by atoms with van der Waals surface area (Å²) in [5, 5.41) is 19.7. The number of carbonyl (C=O) groups excluding carboxylic acids is 1. The second-order valence-corrected chi connectivity index (χ2v) is 6.85. The molecule has 0 fully saturated rings. The van der Waals surface area contributed by atoms with Gasteiger partial charge in [-0.3, -0.25) is 9.59 Å². The maximum Gasteiger partial charge on any atom is 0.290 e. The lowest BCUT2D eigenvalue weighted by Crippen LogP contribution is -2.32. The fourth-order valence-electron chi connectivity index (χ4n) is 3.89. The summed E-state index contributed by atoms with van der Waals surface area (Å²) in [6.07, 6.45) is 0. The van der Waals surface area contributed by atoms with Gasteiger partial charge in [0, 0.05) is 6.54 Å². The standard InChI is InChI=1S/C21H19NO5/c1-11-8-12(2)16-15(9-11)27-20-17(19(16)25)18(22(6-7-23)21(20)26)13-4-3-5-14(24)10-13/h3-5,8-10,18,23-24H,6-7H2,1-2H3/t18-/m0/s1. The Bertz CT molecular complexity index is 1130. The minimum Gasteiger partial charge on any atom is -0.508 e. The maximum absolute atomic E-state index is 13.4. The largest absolute Gasteiger partial charge is 0.508 e. The third-order valence-electron chi connectivity index (χ3n) is 4.94. The van der Waals surface area contributed by atoms with E-state index >= 15 is 0 Å². The smallest absolute Gasteiger partial charge is 0.290 e. The van der Waals surface area contributed by atoms with Gasteiger partial charge in [0.15, 0.2) is 5.43 Å². The van der Waals surface area contributed by atoms with Gasteiger partial charge in [-0.2, -0.15) is 0 Å². The normalized spacial score (nSPS) is 16.2. The van der Waals surface area contributed by atoms with Gasteiger partial charge >= 0.3 is 0 Å². The molecule has 1 aliphatic rings. The molecule has 27 heavy (non-hydrogen) atoms. The molecule has 1 aromatic heterocycles. The number of aromatic hydroxyl groups is 1. The number of phenolic OH excluding ortho intramolecular Hbond substituents is 1. The number of rotatable bonds is 3. The molecule has 6 nitrogen and oxygen atoms in total. The van der Waals surface area contributed by atoms with Crippen LogP contribution in [0.1, 0.15) is 38.9 Å². The fraction of sp³-hybridized carbons (Fsp3) is 0.238. The summed E-state index contributed by atoms with van der Waals surface area (Å²) in [5.41, 5.74) is 2.68. The van der Waals surface area contributed by atoms with Crippen LogP contribution in [0.2, 0.25) is 0 Å². The van der Waals surface area contributed by atoms with E-state index in [-0.39, 0.29) is 35.7 Å². The zero-order valence-electron chi connectivity index (χ0n) is 15.0. The first-order chi connectivity index (χ1) is 12.9. The highest BCUT2D eigenvalue weighted by molar-refractivity contribution is 5.99. The number of phenols is 1. The van der Waals surface area contributed by atoms with Crippen molar-refractivity contribution in [2.45, 2.75) is 19.9 Å². The molecule has 0 radical (unpaired) electrons. The third-order valence-corrected chi connectivity index (χ3v) is 4.94. The van der Waals surface area contributed by atoms with E-state index in [4.69, 9.17) is 4.42 Å². The van der Waals surface area contributed by atoms with Gasteiger partial charge in [-0.15, -0.1) is 0 Å². The quantitative estimate of drug-likeness (QED) is 0.745. The van der Waals surface area contributed by atoms with Crippen molar-refractivity contribution < 1.29 is 19.4 Å². The number of aliphatic hydroxyl groups is 1. The van der Waals surface area contributed by atoms with Crippen molar-refractivity contribution in [3.05, 3.63) is 74.6 Å². The molecule has 0 spiro atoms. The molecule has 1 amide bonds. The fourth-order valence-corrected chi connectivity index (χ4v) is 3.89. The van der Waals surface area contributed by atoms with E-state index < -0.39 is 11.9 Å². The monoisotopic (exact) mass is 365 g/mol. The Kier molecular flexibility index (Phi) is 4.00. The van der Waals surface area contributed by atoms with Crippen LogP contribution >= 0.6 is 0 Å². The molecule has 6 heteroatoms. The molecule has 2 aromatic carbocycles. The van der Waals surface area contributed by atoms with Gasteiger partial charge in [-0.25, -0.2) is 0 Å². The van der Waals surface area contributed by atoms with E-state index in [1.165, 1.54) is 17.0 Å². The van der Waals surface area contributed by atoms with Gasteiger partial charge in [0.25, 0.3) is 5.91 Å². The van der Waals surface area contributed by atoms with Gasteiger partial charge < -0.3 is 19.5 Å². The molecule has 0 bridgehead atoms. The van der Waals surface area contributed by atoms with Crippen molar-refractivity contribution >= 4 is 16.9 Å². The summed E-state index contributed by atoms with van der Waals surface area (Å²) >= 11 is 0. The summed E-state index contributed by atoms with van der Waals surface area (Å²) in [6, 6.07) is 9.36. The number of nitrogens with zero attached hydrogens (tertiary/aromatic N) is 1. The third kappa shape index (κ3) is 2.61. The van der Waals surface area contributed by atoms with Gasteiger partial charge in [-0.1, -0.05) is 18.2 Å². The maximum atomic E-state index is 13.4. The van der Waals surface area contributed by atoms with Crippen LogP contribution in [0.5, 0.6) is 5.75 Å². The van der Waals surface area contributed by atoms with Crippen molar-refractivity contribution in [2.24, 2.45) is 0 Å². The van der Waals surface area contributed by atoms with E-state index in [0.717, 1.165) is 11.1 Å². The van der Waals surface area contributed by atoms with Crippen LogP contribution in [0, 0.1) is 13.8 Å². The van der Waals surface area contributed by atoms with Crippen molar-refractivity contribution in [3.63, 3.8) is 0 Å². The predicted molar refractivity (Wildman–Crippen MR) is 100 cm³/mol. The number of aryl methyl sites for hydroxylation is 2. The number of aliphatic hydroxyl groups excluding tert-OH is 1. The topological polar surface area (TPSA) is 91.0 Å². The first-order valence-corrected chi connectivity index (χ1v) is 8.71. The lowest BCUT2D eigenvalue weighted by Gasteiger charge is -2.24. The Morgan fingerprint density at radius 2 is 1.93 bits per heavy atom. The molecule has 0 unspecified atom stereocenters. The van der Waals surface area contributed by atoms with Gasteiger partial charge in [0.1, 0.15) is 11.3 Å². The summed E-state index contributed by atoms with van der Waals surface area (Å²) in [7, 11) is 0. The number of hydrogen-bond donors (Lipinski definition) is 2. The van der Waals surface area contributed by atoms with Crippen LogP contribution in [0.3, 0.4) is 0 Å². The molecule has 1 aliphatic heterocycles. The minimum absolute atomic E-state index is 0.000655. The second kappa shape index (κ2) is 6.25. The summed E-state index contributed by atoms with van der Waals surface area (Å²) < 4.78 is 5.88. The van der Waals surface area contributed by atoms with E-state index in [1.807, 2.05) is 19.9 Å². The van der Waals surface area contributed by atoms with E-state index in [2.05, 4.69) is 0 Å². The van der Waals surface area contributed by atoms with Crippen LogP contribution in [0.15, 0.2) is 45.6 Å². The van der Waals surface area contributed by atoms with Crippen molar-refractivity contribution in [3.8, 4) is 5.75 Å². The molecule has 2 N–H and O–H groups in total. The molecule has 0 saturated heterocycles. The molecule has 3 aromatic rings. The Hall–Kier alpha value is -3.12. The highest BCUT2D eigenvalue weighted by Gasteiger charge is 2.42. The summed E-state index contributed by atoms with van der Waals surface area (Å²) in [6.45, 7) is 3.54. The van der Waals surface area contributed by atoms with Gasteiger partial charge in [0.2, 0.25) is 5.76 Å². The van der Waals surface area contributed by atoms with E-state index in [0.29, 0.717) is 16.5 Å². The van der Waals surface area contributed by atoms with Crippen molar-refractivity contribution in [1.29, 1.82) is 0 Å². The van der Waals surface area contributed by atoms with Crippen LogP contribution < -0.4 is 5.43 Å². The zero-order chi connectivity index (χ0) is 19.3. The van der Waals surface area contributed by atoms with Gasteiger partial charge in [0.05, 0.1) is 23.6 Å². The van der Waals surface area contributed by atoms with Crippen LogP contribution in [0.25, 0.3) is 11.0 Å². The lowest BCUT2D eigenvalue weighted by molar-refractivity contribution is 0.0691. The second-order valence-electron chi connectivity index (χ2n) is 6.85. The Labute approximate surface area is 155 Å². The van der Waals surface area contributed by atoms with E-state index in [9.17, 15) is 19.8 Å². The molecule has 1 atom stereocenters. The van der Waals surface area contributed by atoms with Crippen LogP contribution in [-0.4, -0.2) is 34.2 Å². The Morgan fingerprint density at radius 3 is 2.63 bits per heavy atom. The predicted octanol–water partition coefficient (Wildman–Crippen LogP) is 2.65. The molecule has 4 rings (SSSR count). The number of benzene rings is 2. The average molecular weight is 365 g/mol. The first kappa shape index (κ1) is 17.3. The lowest BCUT2D eigenvalue weighted by atomic mass is 9.97. The molecule has 0 saturated carbocycles. The number of fused-ring (bicyclic) bond motifs is 2. The van der Waals surface area contributed by atoms with Gasteiger partial charge in [-0.05, 0) is 48.7 Å². The number of carbonyl (C=O) groups is 1. The minimum atomic E-state index is -0.715. The molecule has 2 heterocycles. The number of hydrogen-bond acceptors (Lipinski definition) is 5. The Balaban J connectivity index is 2.06. The van der Waals surface area contributed by atoms with Crippen LogP contribution in [0.4, 0.5) is 0 Å². The number of β-amino-alcohol motifs (C(OH)–C–C–N with tert-alkyl or cyclic N) is 1. The SMILES string of the molecule is Cc1cc(C)c2c(=O)c3c(oc2c1)C(=O)N(CCO)[C@H]3c1cccc(O)c1. The average Bonchev–Trinajstić information content (AvgIpc) is 2.88. The summed E-state index contributed by atoms with van der Waals surface area (Å²) in [4.78, 5) is 27.7. The molecular formula is C21H19NO5. The van der Waals surface area contributed by atoms with E-state index in [1.54, 1.807) is 18.2 Å². The van der Waals surface area contributed by atoms with Crippen molar-refractivity contribution in [2.75, 3.05) is 13.2 Å². The number of amides is 1.